The zero-order chi connectivity index (χ0) is 20.8. The highest BCUT2D eigenvalue weighted by atomic mass is 32.2. The van der Waals surface area contributed by atoms with Gasteiger partial charge in [0.25, 0.3) is 5.91 Å². The molecule has 2 bridgehead atoms. The Labute approximate surface area is 166 Å². The summed E-state index contributed by atoms with van der Waals surface area (Å²) in [7, 11) is -4.29. The molecule has 2 aliphatic rings. The molecule has 1 N–H and O–H groups in total. The summed E-state index contributed by atoms with van der Waals surface area (Å²) in [6.07, 6.45) is -3.85. The van der Waals surface area contributed by atoms with Crippen molar-refractivity contribution in [1.82, 2.24) is 9.62 Å². The topological polar surface area (TPSA) is 66.5 Å². The molecule has 1 heterocycles. The van der Waals surface area contributed by atoms with Crippen LogP contribution >= 0.6 is 0 Å². The van der Waals surface area contributed by atoms with Gasteiger partial charge in [-0.3, -0.25) is 4.79 Å². The van der Waals surface area contributed by atoms with Gasteiger partial charge in [0.15, 0.2) is 0 Å². The minimum absolute atomic E-state index is 0.0962. The van der Waals surface area contributed by atoms with Gasteiger partial charge >= 0.3 is 6.18 Å². The van der Waals surface area contributed by atoms with Crippen LogP contribution in [0.2, 0.25) is 0 Å². The standard InChI is InChI=1S/C20H19F3N2O3S/c21-20(22,23)16-8-4-5-9-18(16)29(27,28)25-12-14-10-15(25)11-17(14)24-19(26)13-6-2-1-3-7-13/h1-9,14-15,17H,10-12H2,(H,24,26). The molecule has 1 saturated carbocycles. The minimum atomic E-state index is -4.76. The van der Waals surface area contributed by atoms with Crippen LogP contribution < -0.4 is 5.32 Å². The van der Waals surface area contributed by atoms with E-state index in [2.05, 4.69) is 5.32 Å². The Kier molecular flexibility index (Phi) is 4.90. The fourth-order valence-corrected chi connectivity index (χ4v) is 6.19. The van der Waals surface area contributed by atoms with Crippen LogP contribution in [0.15, 0.2) is 59.5 Å². The first-order valence-corrected chi connectivity index (χ1v) is 10.7. The predicted molar refractivity (Wildman–Crippen MR) is 99.5 cm³/mol. The van der Waals surface area contributed by atoms with E-state index in [9.17, 15) is 26.4 Å². The number of carbonyl (C=O) groups excluding carboxylic acids is 1. The van der Waals surface area contributed by atoms with Gasteiger partial charge in [0.05, 0.1) is 10.5 Å². The molecule has 1 aliphatic heterocycles. The molecule has 2 aromatic carbocycles. The third-order valence-corrected chi connectivity index (χ3v) is 7.60. The monoisotopic (exact) mass is 424 g/mol. The SMILES string of the molecule is O=C(NC1CC2CC1CN2S(=O)(=O)c1ccccc1C(F)(F)F)c1ccccc1. The van der Waals surface area contributed by atoms with Crippen LogP contribution in [0.5, 0.6) is 0 Å². The number of hydrogen-bond donors (Lipinski definition) is 1. The van der Waals surface area contributed by atoms with Crippen molar-refractivity contribution in [2.45, 2.75) is 36.0 Å². The normalized spacial score (nSPS) is 24.6. The summed E-state index contributed by atoms with van der Waals surface area (Å²) in [5, 5.41) is 2.93. The van der Waals surface area contributed by atoms with Crippen molar-refractivity contribution in [3.05, 3.63) is 65.7 Å². The molecule has 3 unspecified atom stereocenters. The highest BCUT2D eigenvalue weighted by molar-refractivity contribution is 7.89. The van der Waals surface area contributed by atoms with Gasteiger partial charge < -0.3 is 5.32 Å². The average molecular weight is 424 g/mol. The highest BCUT2D eigenvalue weighted by Gasteiger charge is 2.51. The van der Waals surface area contributed by atoms with Crippen molar-refractivity contribution in [3.8, 4) is 0 Å². The van der Waals surface area contributed by atoms with Gasteiger partial charge in [-0.05, 0) is 43.0 Å². The van der Waals surface area contributed by atoms with Crippen LogP contribution in [-0.2, 0) is 16.2 Å². The van der Waals surface area contributed by atoms with Crippen LogP contribution in [0.25, 0.3) is 0 Å². The van der Waals surface area contributed by atoms with E-state index in [1.807, 2.05) is 0 Å². The maximum atomic E-state index is 13.3. The summed E-state index contributed by atoms with van der Waals surface area (Å²) >= 11 is 0. The largest absolute Gasteiger partial charge is 0.417 e. The fraction of sp³-hybridized carbons (Fsp3) is 0.350. The third-order valence-electron chi connectivity index (χ3n) is 5.62. The number of alkyl halides is 3. The van der Waals surface area contributed by atoms with Gasteiger partial charge in [0.1, 0.15) is 0 Å². The molecule has 9 heteroatoms. The molecule has 1 amide bonds. The summed E-state index contributed by atoms with van der Waals surface area (Å²) in [4.78, 5) is 11.6. The number of fused-ring (bicyclic) bond motifs is 2. The molecule has 154 valence electrons. The summed E-state index contributed by atoms with van der Waals surface area (Å²) in [6, 6.07) is 12.3. The summed E-state index contributed by atoms with van der Waals surface area (Å²) in [6.45, 7) is 0.0962. The second-order valence-electron chi connectivity index (χ2n) is 7.40. The maximum Gasteiger partial charge on any atom is 0.417 e. The second kappa shape index (κ2) is 7.14. The first-order chi connectivity index (χ1) is 13.7. The van der Waals surface area contributed by atoms with Crippen LogP contribution in [-0.4, -0.2) is 37.3 Å². The summed E-state index contributed by atoms with van der Waals surface area (Å²) in [5.41, 5.74) is -0.643. The number of nitrogens with zero attached hydrogens (tertiary/aromatic N) is 1. The first kappa shape index (κ1) is 19.9. The Hall–Kier alpha value is -2.39. The zero-order valence-electron chi connectivity index (χ0n) is 15.3. The lowest BCUT2D eigenvalue weighted by Crippen LogP contribution is -2.47. The van der Waals surface area contributed by atoms with Gasteiger partial charge in [-0.2, -0.15) is 17.5 Å². The van der Waals surface area contributed by atoms with E-state index in [-0.39, 0.29) is 24.4 Å². The Morgan fingerprint density at radius 2 is 1.66 bits per heavy atom. The van der Waals surface area contributed by atoms with E-state index in [4.69, 9.17) is 0 Å². The van der Waals surface area contributed by atoms with Gasteiger partial charge in [-0.1, -0.05) is 30.3 Å². The Balaban J connectivity index is 1.51. The van der Waals surface area contributed by atoms with Gasteiger partial charge in [0, 0.05) is 24.2 Å². The molecule has 5 nitrogen and oxygen atoms in total. The molecule has 3 atom stereocenters. The molecule has 4 rings (SSSR count). The van der Waals surface area contributed by atoms with Crippen molar-refractivity contribution >= 4 is 15.9 Å². The third kappa shape index (κ3) is 3.64. The van der Waals surface area contributed by atoms with Crippen molar-refractivity contribution in [2.24, 2.45) is 5.92 Å². The number of piperidine rings is 1. The van der Waals surface area contributed by atoms with E-state index >= 15 is 0 Å². The number of nitrogens with one attached hydrogen (secondary N) is 1. The zero-order valence-corrected chi connectivity index (χ0v) is 16.1. The van der Waals surface area contributed by atoms with Crippen molar-refractivity contribution in [1.29, 1.82) is 0 Å². The minimum Gasteiger partial charge on any atom is -0.349 e. The van der Waals surface area contributed by atoms with Gasteiger partial charge in [-0.25, -0.2) is 8.42 Å². The average Bonchev–Trinajstić information content (AvgIpc) is 3.29. The fourth-order valence-electron chi connectivity index (χ4n) is 4.28. The molecule has 1 saturated heterocycles. The van der Waals surface area contributed by atoms with Crippen molar-refractivity contribution in [3.63, 3.8) is 0 Å². The number of carbonyl (C=O) groups is 1. The van der Waals surface area contributed by atoms with Crippen LogP contribution in [0, 0.1) is 5.92 Å². The lowest BCUT2D eigenvalue weighted by molar-refractivity contribution is -0.139. The molecule has 29 heavy (non-hydrogen) atoms. The van der Waals surface area contributed by atoms with E-state index in [0.717, 1.165) is 16.4 Å². The predicted octanol–water partition coefficient (Wildman–Crippen LogP) is 3.29. The Morgan fingerprint density at radius 3 is 2.28 bits per heavy atom. The number of hydrogen-bond acceptors (Lipinski definition) is 3. The van der Waals surface area contributed by atoms with E-state index in [1.165, 1.54) is 12.1 Å². The molecular formula is C20H19F3N2O3S. The molecule has 0 radical (unpaired) electrons. The second-order valence-corrected chi connectivity index (χ2v) is 9.26. The number of sulfonamides is 1. The first-order valence-electron chi connectivity index (χ1n) is 9.22. The van der Waals surface area contributed by atoms with Gasteiger partial charge in [-0.15, -0.1) is 0 Å². The molecule has 2 fully saturated rings. The smallest absolute Gasteiger partial charge is 0.349 e. The Bertz CT molecular complexity index is 1020. The molecule has 0 spiro atoms. The van der Waals surface area contributed by atoms with Crippen molar-refractivity contribution in [2.75, 3.05) is 6.54 Å². The van der Waals surface area contributed by atoms with E-state index < -0.39 is 32.7 Å². The van der Waals surface area contributed by atoms with E-state index in [0.29, 0.717) is 18.4 Å². The molecule has 2 aromatic rings. The van der Waals surface area contributed by atoms with Gasteiger partial charge in [0.2, 0.25) is 10.0 Å². The highest BCUT2D eigenvalue weighted by Crippen LogP contribution is 2.43. The number of benzene rings is 2. The van der Waals surface area contributed by atoms with E-state index in [1.54, 1.807) is 30.3 Å². The quantitative estimate of drug-likeness (QED) is 0.819. The maximum absolute atomic E-state index is 13.3. The van der Waals surface area contributed by atoms with Crippen LogP contribution in [0.1, 0.15) is 28.8 Å². The molecular weight excluding hydrogens is 405 g/mol. The van der Waals surface area contributed by atoms with Crippen LogP contribution in [0.4, 0.5) is 13.2 Å². The molecule has 0 aromatic heterocycles. The lowest BCUT2D eigenvalue weighted by atomic mass is 10.0. The Morgan fingerprint density at radius 1 is 1.00 bits per heavy atom. The summed E-state index contributed by atoms with van der Waals surface area (Å²) in [5.74, 6) is -0.361. The number of amides is 1. The van der Waals surface area contributed by atoms with Crippen molar-refractivity contribution < 1.29 is 26.4 Å². The van der Waals surface area contributed by atoms with Crippen LogP contribution in [0.3, 0.4) is 0 Å². The summed E-state index contributed by atoms with van der Waals surface area (Å²) < 4.78 is 67.0. The number of rotatable bonds is 4. The number of halogens is 3. The molecule has 1 aliphatic carbocycles. The lowest BCUT2D eigenvalue weighted by Gasteiger charge is -2.31.